The van der Waals surface area contributed by atoms with Crippen LogP contribution in [0.25, 0.3) is 0 Å². The maximum atomic E-state index is 13.3. The van der Waals surface area contributed by atoms with E-state index >= 15 is 0 Å². The van der Waals surface area contributed by atoms with E-state index in [-0.39, 0.29) is 30.2 Å². The number of amides is 1. The third-order valence-electron chi connectivity index (χ3n) is 7.33. The summed E-state index contributed by atoms with van der Waals surface area (Å²) in [5, 5.41) is 9.77. The number of hydrogen-bond acceptors (Lipinski definition) is 5. The van der Waals surface area contributed by atoms with Crippen LogP contribution in [-0.2, 0) is 11.3 Å². The van der Waals surface area contributed by atoms with Gasteiger partial charge in [-0.25, -0.2) is 0 Å². The zero-order valence-electron chi connectivity index (χ0n) is 20.5. The Hall–Kier alpha value is -2.71. The number of carbonyl (C=O) groups is 1. The highest BCUT2D eigenvalue weighted by atomic mass is 19.3. The number of rotatable bonds is 8. The monoisotopic (exact) mass is 487 g/mol. The van der Waals surface area contributed by atoms with Crippen LogP contribution in [-0.4, -0.2) is 61.9 Å². The van der Waals surface area contributed by atoms with E-state index in [2.05, 4.69) is 18.7 Å². The predicted molar refractivity (Wildman–Crippen MR) is 133 cm³/mol. The second-order valence-corrected chi connectivity index (χ2v) is 10.2. The summed E-state index contributed by atoms with van der Waals surface area (Å²) in [5.74, 6) is 0.360. The van der Waals surface area contributed by atoms with E-state index in [1.807, 2.05) is 41.3 Å². The molecule has 6 nitrogen and oxygen atoms in total. The zero-order chi connectivity index (χ0) is 25.0. The SMILES string of the molecule is CC(C)(CO)[C@H]1CCCN(Cc2ccc(N3CCN(c4ccccc4)CC3=O)cc2OC(F)F)C1. The molecule has 2 saturated heterocycles. The van der Waals surface area contributed by atoms with Gasteiger partial charge in [0.15, 0.2) is 0 Å². The fraction of sp³-hybridized carbons (Fsp3) is 0.519. The molecule has 2 fully saturated rings. The van der Waals surface area contributed by atoms with Crippen molar-refractivity contribution in [3.8, 4) is 5.75 Å². The highest BCUT2D eigenvalue weighted by Gasteiger charge is 2.33. The number of piperazine rings is 1. The van der Waals surface area contributed by atoms with Crippen LogP contribution in [0, 0.1) is 11.3 Å². The van der Waals surface area contributed by atoms with Gasteiger partial charge in [0, 0.05) is 55.8 Å². The molecule has 0 aromatic heterocycles. The minimum absolute atomic E-state index is 0.0824. The van der Waals surface area contributed by atoms with Gasteiger partial charge >= 0.3 is 6.61 Å². The predicted octanol–water partition coefficient (Wildman–Crippen LogP) is 4.37. The Kier molecular flexibility index (Phi) is 7.91. The first-order valence-electron chi connectivity index (χ1n) is 12.3. The van der Waals surface area contributed by atoms with Crippen molar-refractivity contribution in [3.63, 3.8) is 0 Å². The fourth-order valence-corrected chi connectivity index (χ4v) is 5.06. The molecule has 35 heavy (non-hydrogen) atoms. The number of aliphatic hydroxyl groups excluding tert-OH is 1. The molecule has 1 atom stereocenters. The number of carbonyl (C=O) groups excluding carboxylic acids is 1. The molecule has 0 unspecified atom stereocenters. The molecule has 0 spiro atoms. The Morgan fingerprint density at radius 1 is 1.09 bits per heavy atom. The van der Waals surface area contributed by atoms with Crippen LogP contribution in [0.3, 0.4) is 0 Å². The lowest BCUT2D eigenvalue weighted by atomic mass is 9.75. The Labute approximate surface area is 206 Å². The van der Waals surface area contributed by atoms with Gasteiger partial charge in [0.05, 0.1) is 6.54 Å². The lowest BCUT2D eigenvalue weighted by Crippen LogP contribution is -2.50. The van der Waals surface area contributed by atoms with Crippen molar-refractivity contribution in [1.29, 1.82) is 0 Å². The summed E-state index contributed by atoms with van der Waals surface area (Å²) >= 11 is 0. The number of piperidine rings is 1. The van der Waals surface area contributed by atoms with Crippen LogP contribution in [0.1, 0.15) is 32.3 Å². The molecular formula is C27H35F2N3O3. The number of ether oxygens (including phenoxy) is 1. The molecular weight excluding hydrogens is 452 g/mol. The molecule has 1 N–H and O–H groups in total. The highest BCUT2D eigenvalue weighted by molar-refractivity contribution is 5.98. The number of hydrogen-bond donors (Lipinski definition) is 1. The van der Waals surface area contributed by atoms with Crippen LogP contribution < -0.4 is 14.5 Å². The molecule has 2 aromatic carbocycles. The van der Waals surface area contributed by atoms with Gasteiger partial charge in [0.1, 0.15) is 5.75 Å². The second kappa shape index (κ2) is 10.9. The number of alkyl halides is 2. The van der Waals surface area contributed by atoms with E-state index in [1.165, 1.54) is 0 Å². The van der Waals surface area contributed by atoms with Crippen LogP contribution >= 0.6 is 0 Å². The summed E-state index contributed by atoms with van der Waals surface area (Å²) < 4.78 is 31.5. The Morgan fingerprint density at radius 3 is 2.54 bits per heavy atom. The molecule has 8 heteroatoms. The van der Waals surface area contributed by atoms with Crippen LogP contribution in [0.5, 0.6) is 5.75 Å². The van der Waals surface area contributed by atoms with Gasteiger partial charge in [-0.3, -0.25) is 9.69 Å². The maximum absolute atomic E-state index is 13.3. The summed E-state index contributed by atoms with van der Waals surface area (Å²) in [7, 11) is 0. The van der Waals surface area contributed by atoms with Gasteiger partial charge in [-0.1, -0.05) is 38.1 Å². The van der Waals surface area contributed by atoms with Crippen molar-refractivity contribution in [2.24, 2.45) is 11.3 Å². The number of anilines is 2. The lowest BCUT2D eigenvalue weighted by Gasteiger charge is -2.41. The minimum atomic E-state index is -2.95. The number of halogens is 2. The Morgan fingerprint density at radius 2 is 1.86 bits per heavy atom. The Bertz CT molecular complexity index is 1000. The zero-order valence-corrected chi connectivity index (χ0v) is 20.5. The third kappa shape index (κ3) is 6.11. The average Bonchev–Trinajstić information content (AvgIpc) is 2.85. The van der Waals surface area contributed by atoms with E-state index in [4.69, 9.17) is 4.74 Å². The van der Waals surface area contributed by atoms with E-state index < -0.39 is 6.61 Å². The van der Waals surface area contributed by atoms with Gasteiger partial charge < -0.3 is 19.6 Å². The molecule has 2 heterocycles. The first kappa shape index (κ1) is 25.4. The molecule has 4 rings (SSSR count). The normalized spacial score (nSPS) is 19.9. The topological polar surface area (TPSA) is 56.2 Å². The summed E-state index contributed by atoms with van der Waals surface area (Å²) in [6.45, 7) is 4.79. The van der Waals surface area contributed by atoms with Crippen molar-refractivity contribution >= 4 is 17.3 Å². The quantitative estimate of drug-likeness (QED) is 0.599. The van der Waals surface area contributed by atoms with Crippen molar-refractivity contribution < 1.29 is 23.4 Å². The number of aliphatic hydroxyl groups is 1. The van der Waals surface area contributed by atoms with Gasteiger partial charge in [-0.2, -0.15) is 8.78 Å². The maximum Gasteiger partial charge on any atom is 0.387 e. The molecule has 0 aliphatic carbocycles. The van der Waals surface area contributed by atoms with E-state index in [0.29, 0.717) is 36.8 Å². The van der Waals surface area contributed by atoms with Crippen LogP contribution in [0.4, 0.5) is 20.2 Å². The first-order valence-corrected chi connectivity index (χ1v) is 12.3. The number of benzene rings is 2. The van der Waals surface area contributed by atoms with Crippen molar-refractivity contribution in [2.45, 2.75) is 39.8 Å². The summed E-state index contributed by atoms with van der Waals surface area (Å²) in [6, 6.07) is 14.9. The largest absolute Gasteiger partial charge is 0.434 e. The van der Waals surface area contributed by atoms with E-state index in [1.54, 1.807) is 17.0 Å². The van der Waals surface area contributed by atoms with Gasteiger partial charge in [-0.05, 0) is 48.9 Å². The number of para-hydroxylation sites is 1. The van der Waals surface area contributed by atoms with Crippen molar-refractivity contribution in [2.75, 3.05) is 49.1 Å². The van der Waals surface area contributed by atoms with Crippen molar-refractivity contribution in [3.05, 3.63) is 54.1 Å². The van der Waals surface area contributed by atoms with Crippen LogP contribution in [0.2, 0.25) is 0 Å². The molecule has 190 valence electrons. The minimum Gasteiger partial charge on any atom is -0.434 e. The first-order chi connectivity index (χ1) is 16.8. The average molecular weight is 488 g/mol. The summed E-state index contributed by atoms with van der Waals surface area (Å²) in [4.78, 5) is 18.8. The standard InChI is InChI=1S/C27H35F2N3O3/c1-27(2,19-33)21-7-6-12-30(17-21)16-20-10-11-23(15-24(20)35-26(28)29)32-14-13-31(18-25(32)34)22-8-4-3-5-9-22/h3-5,8-11,15,21,26,33H,6-7,12-14,16-19H2,1-2H3/t21-/m0/s1. The van der Waals surface area contributed by atoms with E-state index in [9.17, 15) is 18.7 Å². The molecule has 1 amide bonds. The fourth-order valence-electron chi connectivity index (χ4n) is 5.06. The van der Waals surface area contributed by atoms with Gasteiger partial charge in [0.2, 0.25) is 5.91 Å². The molecule has 0 bridgehead atoms. The number of nitrogens with zero attached hydrogens (tertiary/aromatic N) is 3. The smallest absolute Gasteiger partial charge is 0.387 e. The second-order valence-electron chi connectivity index (χ2n) is 10.2. The van der Waals surface area contributed by atoms with Crippen LogP contribution in [0.15, 0.2) is 48.5 Å². The van der Waals surface area contributed by atoms with E-state index in [0.717, 1.165) is 31.6 Å². The summed E-state index contributed by atoms with van der Waals surface area (Å²) in [6.07, 6.45) is 2.04. The molecule has 0 radical (unpaired) electrons. The molecule has 2 aromatic rings. The van der Waals surface area contributed by atoms with Crippen molar-refractivity contribution in [1.82, 2.24) is 4.90 Å². The molecule has 2 aliphatic rings. The van der Waals surface area contributed by atoms with Gasteiger partial charge in [-0.15, -0.1) is 0 Å². The summed E-state index contributed by atoms with van der Waals surface area (Å²) in [5.41, 5.74) is 2.04. The van der Waals surface area contributed by atoms with Gasteiger partial charge in [0.25, 0.3) is 0 Å². The Balaban J connectivity index is 1.48. The highest BCUT2D eigenvalue weighted by Crippen LogP contribution is 2.35. The number of likely N-dealkylation sites (tertiary alicyclic amines) is 1. The molecule has 2 aliphatic heterocycles. The third-order valence-corrected chi connectivity index (χ3v) is 7.33. The lowest BCUT2D eigenvalue weighted by molar-refractivity contribution is -0.117. The molecule has 0 saturated carbocycles.